The van der Waals surface area contributed by atoms with E-state index in [0.29, 0.717) is 23.7 Å². The molecule has 0 bridgehead atoms. The molecule has 0 aromatic heterocycles. The Morgan fingerprint density at radius 2 is 1.65 bits per heavy atom. The highest BCUT2D eigenvalue weighted by molar-refractivity contribution is 7.99. The summed E-state index contributed by atoms with van der Waals surface area (Å²) >= 11 is 1.75. The number of methoxy groups -OCH3 is 2. The van der Waals surface area contributed by atoms with Crippen LogP contribution in [-0.4, -0.2) is 32.5 Å². The van der Waals surface area contributed by atoms with Crippen LogP contribution in [0, 0.1) is 0 Å². The van der Waals surface area contributed by atoms with Gasteiger partial charge in [-0.2, -0.15) is 0 Å². The fourth-order valence-electron chi connectivity index (χ4n) is 3.07. The van der Waals surface area contributed by atoms with Gasteiger partial charge < -0.3 is 19.5 Å². The lowest BCUT2D eigenvalue weighted by atomic mass is 10.1. The molecule has 0 radical (unpaired) electrons. The molecule has 31 heavy (non-hydrogen) atoms. The normalized spacial score (nSPS) is 11.5. The molecular formula is C25H27NO4S. The highest BCUT2D eigenvalue weighted by Crippen LogP contribution is 2.29. The van der Waals surface area contributed by atoms with E-state index in [9.17, 15) is 4.79 Å². The van der Waals surface area contributed by atoms with Crippen LogP contribution in [0.2, 0.25) is 0 Å². The van der Waals surface area contributed by atoms with E-state index in [1.807, 2.05) is 55.5 Å². The first kappa shape index (κ1) is 22.6. The van der Waals surface area contributed by atoms with Crippen LogP contribution in [-0.2, 0) is 0 Å². The van der Waals surface area contributed by atoms with Crippen LogP contribution in [0.15, 0.2) is 77.7 Å². The summed E-state index contributed by atoms with van der Waals surface area (Å²) in [6.45, 7) is 2.51. The number of amides is 1. The summed E-state index contributed by atoms with van der Waals surface area (Å²) in [5.41, 5.74) is 1.42. The van der Waals surface area contributed by atoms with Gasteiger partial charge in [-0.05, 0) is 61.5 Å². The van der Waals surface area contributed by atoms with Gasteiger partial charge in [0.05, 0.1) is 26.9 Å². The number of nitrogens with one attached hydrogen (secondary N) is 1. The van der Waals surface area contributed by atoms with Crippen molar-refractivity contribution in [3.8, 4) is 17.2 Å². The van der Waals surface area contributed by atoms with Gasteiger partial charge in [-0.25, -0.2) is 0 Å². The Kier molecular flexibility index (Phi) is 8.24. The molecule has 1 atom stereocenters. The summed E-state index contributed by atoms with van der Waals surface area (Å²) in [7, 11) is 3.22. The first-order valence-corrected chi connectivity index (χ1v) is 11.0. The summed E-state index contributed by atoms with van der Waals surface area (Å²) in [6, 6.07) is 22.7. The average molecular weight is 438 g/mol. The molecule has 3 rings (SSSR count). The van der Waals surface area contributed by atoms with E-state index in [1.54, 1.807) is 38.1 Å². The van der Waals surface area contributed by atoms with Crippen molar-refractivity contribution in [3.63, 3.8) is 0 Å². The van der Waals surface area contributed by atoms with E-state index < -0.39 is 0 Å². The Morgan fingerprint density at radius 3 is 2.32 bits per heavy atom. The maximum absolute atomic E-state index is 12.7. The summed E-state index contributed by atoms with van der Waals surface area (Å²) < 4.78 is 16.5. The number of carbonyl (C=O) groups is 1. The van der Waals surface area contributed by atoms with Gasteiger partial charge in [0, 0.05) is 21.8 Å². The van der Waals surface area contributed by atoms with Crippen molar-refractivity contribution in [2.45, 2.75) is 17.9 Å². The molecule has 1 amide bonds. The number of rotatable bonds is 10. The van der Waals surface area contributed by atoms with E-state index >= 15 is 0 Å². The van der Waals surface area contributed by atoms with Crippen molar-refractivity contribution >= 4 is 17.7 Å². The Balaban J connectivity index is 1.53. The number of ether oxygens (including phenoxy) is 3. The van der Waals surface area contributed by atoms with Gasteiger partial charge in [-0.1, -0.05) is 18.2 Å². The lowest BCUT2D eigenvalue weighted by Crippen LogP contribution is -2.26. The molecule has 1 N–H and O–H groups in total. The van der Waals surface area contributed by atoms with Crippen LogP contribution in [0.5, 0.6) is 17.2 Å². The smallest absolute Gasteiger partial charge is 0.251 e. The molecule has 6 heteroatoms. The molecule has 0 aliphatic heterocycles. The van der Waals surface area contributed by atoms with Crippen molar-refractivity contribution < 1.29 is 19.0 Å². The Hall–Kier alpha value is -3.12. The number of hydrogen-bond acceptors (Lipinski definition) is 5. The predicted molar refractivity (Wildman–Crippen MR) is 125 cm³/mol. The zero-order valence-corrected chi connectivity index (χ0v) is 18.8. The van der Waals surface area contributed by atoms with Crippen LogP contribution >= 0.6 is 11.8 Å². The molecule has 0 fully saturated rings. The molecule has 0 saturated heterocycles. The highest BCUT2D eigenvalue weighted by atomic mass is 32.2. The molecule has 162 valence electrons. The minimum atomic E-state index is -0.247. The molecule has 0 heterocycles. The first-order valence-electron chi connectivity index (χ1n) is 10.0. The molecule has 0 spiro atoms. The average Bonchev–Trinajstić information content (AvgIpc) is 2.82. The maximum atomic E-state index is 12.7. The predicted octanol–water partition coefficient (Wildman–Crippen LogP) is 5.37. The van der Waals surface area contributed by atoms with E-state index in [-0.39, 0.29) is 11.9 Å². The minimum absolute atomic E-state index is 0.163. The van der Waals surface area contributed by atoms with Crippen LogP contribution in [0.3, 0.4) is 0 Å². The van der Waals surface area contributed by atoms with Crippen molar-refractivity contribution in [3.05, 3.63) is 83.9 Å². The third-order valence-electron chi connectivity index (χ3n) is 4.73. The van der Waals surface area contributed by atoms with Crippen LogP contribution in [0.1, 0.15) is 28.9 Å². The second-order valence-electron chi connectivity index (χ2n) is 6.84. The molecule has 0 aliphatic carbocycles. The second kappa shape index (κ2) is 11.3. The Bertz CT molecular complexity index is 977. The summed E-state index contributed by atoms with van der Waals surface area (Å²) in [5.74, 6) is 2.84. The van der Waals surface area contributed by atoms with Gasteiger partial charge >= 0.3 is 0 Å². The molecule has 0 aliphatic rings. The van der Waals surface area contributed by atoms with Gasteiger partial charge in [0.25, 0.3) is 5.91 Å². The van der Waals surface area contributed by atoms with Gasteiger partial charge in [-0.3, -0.25) is 4.79 Å². The van der Waals surface area contributed by atoms with Crippen LogP contribution < -0.4 is 19.5 Å². The first-order chi connectivity index (χ1) is 15.1. The van der Waals surface area contributed by atoms with Crippen molar-refractivity contribution in [2.24, 2.45) is 0 Å². The number of carbonyl (C=O) groups excluding carboxylic acids is 1. The minimum Gasteiger partial charge on any atom is -0.497 e. The molecule has 3 aromatic rings. The molecule has 1 unspecified atom stereocenters. The quantitative estimate of drug-likeness (QED) is 0.342. The van der Waals surface area contributed by atoms with E-state index in [1.165, 1.54) is 4.90 Å². The third-order valence-corrected chi connectivity index (χ3v) is 5.71. The Morgan fingerprint density at radius 1 is 0.935 bits per heavy atom. The SMILES string of the molecule is COc1ccc(OC)c(C(C)NC(=O)c2ccc(OCCSc3ccccc3)cc2)c1. The number of benzene rings is 3. The maximum Gasteiger partial charge on any atom is 0.251 e. The summed E-state index contributed by atoms with van der Waals surface area (Å²) in [6.07, 6.45) is 0. The highest BCUT2D eigenvalue weighted by Gasteiger charge is 2.16. The summed E-state index contributed by atoms with van der Waals surface area (Å²) in [4.78, 5) is 13.9. The van der Waals surface area contributed by atoms with Gasteiger partial charge in [0.2, 0.25) is 0 Å². The lowest BCUT2D eigenvalue weighted by molar-refractivity contribution is 0.0939. The fourth-order valence-corrected chi connectivity index (χ4v) is 3.83. The third kappa shape index (κ3) is 6.43. The van der Waals surface area contributed by atoms with Gasteiger partial charge in [-0.15, -0.1) is 11.8 Å². The molecule has 5 nitrogen and oxygen atoms in total. The molecule has 0 saturated carbocycles. The topological polar surface area (TPSA) is 56.8 Å². The van der Waals surface area contributed by atoms with Gasteiger partial charge in [0.15, 0.2) is 0 Å². The standard InChI is InChI=1S/C25H27NO4S/c1-18(23-17-21(28-2)13-14-24(23)29-3)26-25(27)19-9-11-20(12-10-19)30-15-16-31-22-7-5-4-6-8-22/h4-14,17-18H,15-16H2,1-3H3,(H,26,27). The van der Waals surface area contributed by atoms with Crippen LogP contribution in [0.25, 0.3) is 0 Å². The van der Waals surface area contributed by atoms with Crippen molar-refractivity contribution in [1.29, 1.82) is 0 Å². The largest absolute Gasteiger partial charge is 0.497 e. The lowest BCUT2D eigenvalue weighted by Gasteiger charge is -2.18. The number of hydrogen-bond donors (Lipinski definition) is 1. The monoisotopic (exact) mass is 437 g/mol. The van der Waals surface area contributed by atoms with E-state index in [0.717, 1.165) is 17.1 Å². The number of thioether (sulfide) groups is 1. The van der Waals surface area contributed by atoms with Crippen LogP contribution in [0.4, 0.5) is 0 Å². The zero-order valence-electron chi connectivity index (χ0n) is 18.0. The van der Waals surface area contributed by atoms with Crippen molar-refractivity contribution in [2.75, 3.05) is 26.6 Å². The van der Waals surface area contributed by atoms with Crippen molar-refractivity contribution in [1.82, 2.24) is 5.32 Å². The molecular weight excluding hydrogens is 410 g/mol. The molecule has 3 aromatic carbocycles. The fraction of sp³-hybridized carbons (Fsp3) is 0.240. The van der Waals surface area contributed by atoms with E-state index in [4.69, 9.17) is 14.2 Å². The second-order valence-corrected chi connectivity index (χ2v) is 8.01. The van der Waals surface area contributed by atoms with Gasteiger partial charge in [0.1, 0.15) is 17.2 Å². The van der Waals surface area contributed by atoms with E-state index in [2.05, 4.69) is 17.4 Å². The Labute approximate surface area is 187 Å². The summed E-state index contributed by atoms with van der Waals surface area (Å²) in [5, 5.41) is 3.01. The zero-order chi connectivity index (χ0) is 22.1.